The molecule has 6 heteroatoms. The number of hydrogen-bond acceptors (Lipinski definition) is 4. The van der Waals surface area contributed by atoms with Crippen molar-refractivity contribution in [3.63, 3.8) is 0 Å². The smallest absolute Gasteiger partial charge is 0.407 e. The van der Waals surface area contributed by atoms with Crippen LogP contribution in [0.5, 0.6) is 0 Å². The molecule has 0 heterocycles. The van der Waals surface area contributed by atoms with Crippen LogP contribution in [0.25, 0.3) is 0 Å². The van der Waals surface area contributed by atoms with Crippen LogP contribution in [0.1, 0.15) is 12.8 Å². The predicted octanol–water partition coefficient (Wildman–Crippen LogP) is 0.124. The van der Waals surface area contributed by atoms with Crippen molar-refractivity contribution in [1.82, 2.24) is 5.32 Å². The van der Waals surface area contributed by atoms with Crippen molar-refractivity contribution in [2.45, 2.75) is 18.9 Å². The Bertz CT molecular complexity index is 229. The van der Waals surface area contributed by atoms with Crippen LogP contribution in [0.2, 0.25) is 0 Å². The highest BCUT2D eigenvalue weighted by Crippen LogP contribution is 1.95. The molecule has 0 aromatic heterocycles. The molecule has 0 unspecified atom stereocenters. The van der Waals surface area contributed by atoms with Gasteiger partial charge in [-0.15, -0.1) is 0 Å². The van der Waals surface area contributed by atoms with Gasteiger partial charge in [-0.3, -0.25) is 0 Å². The molecular formula is C9H15NO5. The van der Waals surface area contributed by atoms with E-state index in [4.69, 9.17) is 10.2 Å². The molecule has 0 spiro atoms. The van der Waals surface area contributed by atoms with Gasteiger partial charge in [-0.1, -0.05) is 12.7 Å². The second-order valence-electron chi connectivity index (χ2n) is 2.81. The molecule has 1 atom stereocenters. The van der Waals surface area contributed by atoms with E-state index in [1.54, 1.807) is 0 Å². The van der Waals surface area contributed by atoms with Gasteiger partial charge >= 0.3 is 12.1 Å². The van der Waals surface area contributed by atoms with E-state index in [0.29, 0.717) is 6.42 Å². The zero-order valence-corrected chi connectivity index (χ0v) is 8.31. The van der Waals surface area contributed by atoms with E-state index < -0.39 is 18.2 Å². The van der Waals surface area contributed by atoms with Gasteiger partial charge < -0.3 is 20.3 Å². The second-order valence-corrected chi connectivity index (χ2v) is 2.81. The Morgan fingerprint density at radius 3 is 2.73 bits per heavy atom. The maximum Gasteiger partial charge on any atom is 0.407 e. The lowest BCUT2D eigenvalue weighted by Gasteiger charge is -2.06. The van der Waals surface area contributed by atoms with Crippen LogP contribution in [-0.2, 0) is 9.53 Å². The van der Waals surface area contributed by atoms with E-state index in [1.165, 1.54) is 6.08 Å². The molecule has 0 radical (unpaired) electrons. The topological polar surface area (TPSA) is 95.9 Å². The average Bonchev–Trinajstić information content (AvgIpc) is 2.20. The summed E-state index contributed by atoms with van der Waals surface area (Å²) in [5.74, 6) is -1.26. The third-order valence-electron chi connectivity index (χ3n) is 1.54. The number of carbonyl (C=O) groups excluding carboxylic acids is 1. The third kappa shape index (κ3) is 7.51. The Kier molecular flexibility index (Phi) is 7.00. The first-order valence-electron chi connectivity index (χ1n) is 4.50. The SMILES string of the molecule is C=CCOC(=O)NCCC[C@H](O)C(=O)O. The third-order valence-corrected chi connectivity index (χ3v) is 1.54. The van der Waals surface area contributed by atoms with Gasteiger partial charge in [-0.25, -0.2) is 9.59 Å². The Morgan fingerprint density at radius 2 is 2.20 bits per heavy atom. The number of rotatable bonds is 7. The highest BCUT2D eigenvalue weighted by atomic mass is 16.5. The lowest BCUT2D eigenvalue weighted by molar-refractivity contribution is -0.146. The molecule has 3 N–H and O–H groups in total. The Hall–Kier alpha value is -1.56. The van der Waals surface area contributed by atoms with Crippen molar-refractivity contribution >= 4 is 12.1 Å². The number of aliphatic carboxylic acids is 1. The number of aliphatic hydroxyl groups is 1. The van der Waals surface area contributed by atoms with E-state index in [1.807, 2.05) is 0 Å². The van der Waals surface area contributed by atoms with Crippen molar-refractivity contribution in [3.05, 3.63) is 12.7 Å². The van der Waals surface area contributed by atoms with E-state index >= 15 is 0 Å². The first-order chi connectivity index (χ1) is 7.07. The van der Waals surface area contributed by atoms with Crippen molar-refractivity contribution < 1.29 is 24.5 Å². The van der Waals surface area contributed by atoms with Gasteiger partial charge in [0.25, 0.3) is 0 Å². The van der Waals surface area contributed by atoms with Crippen molar-refractivity contribution in [3.8, 4) is 0 Å². The Balaban J connectivity index is 3.41. The molecule has 0 bridgehead atoms. The van der Waals surface area contributed by atoms with Gasteiger partial charge in [0.1, 0.15) is 6.61 Å². The average molecular weight is 217 g/mol. The van der Waals surface area contributed by atoms with Crippen LogP contribution >= 0.6 is 0 Å². The summed E-state index contributed by atoms with van der Waals surface area (Å²) in [4.78, 5) is 21.0. The summed E-state index contributed by atoms with van der Waals surface area (Å²) in [6.45, 7) is 3.76. The molecule has 0 rings (SSSR count). The molecule has 0 aliphatic carbocycles. The molecule has 0 saturated heterocycles. The largest absolute Gasteiger partial charge is 0.479 e. The number of hydrogen-bond donors (Lipinski definition) is 3. The van der Waals surface area contributed by atoms with Crippen molar-refractivity contribution in [1.29, 1.82) is 0 Å². The number of carboxylic acids is 1. The molecule has 0 aliphatic heterocycles. The van der Waals surface area contributed by atoms with Crippen LogP contribution < -0.4 is 5.32 Å². The van der Waals surface area contributed by atoms with Crippen LogP contribution in [0.3, 0.4) is 0 Å². The normalized spacial score (nSPS) is 11.5. The number of carboxylic acid groups (broad SMARTS) is 1. The zero-order valence-electron chi connectivity index (χ0n) is 8.31. The predicted molar refractivity (Wildman–Crippen MR) is 52.4 cm³/mol. The first kappa shape index (κ1) is 13.4. The molecule has 6 nitrogen and oxygen atoms in total. The fraction of sp³-hybridized carbons (Fsp3) is 0.556. The standard InChI is InChI=1S/C9H15NO5/c1-2-6-15-9(14)10-5-3-4-7(11)8(12)13/h2,7,11H,1,3-6H2,(H,10,14)(H,12,13)/t7-/m0/s1. The number of aliphatic hydroxyl groups excluding tert-OH is 1. The molecule has 0 aromatic carbocycles. The summed E-state index contributed by atoms with van der Waals surface area (Å²) in [6.07, 6.45) is -0.0580. The Morgan fingerprint density at radius 1 is 1.53 bits per heavy atom. The number of carbonyl (C=O) groups is 2. The fourth-order valence-corrected chi connectivity index (χ4v) is 0.795. The highest BCUT2D eigenvalue weighted by Gasteiger charge is 2.12. The lowest BCUT2D eigenvalue weighted by Crippen LogP contribution is -2.27. The molecule has 0 saturated carbocycles. The number of nitrogens with one attached hydrogen (secondary N) is 1. The quantitative estimate of drug-likeness (QED) is 0.416. The van der Waals surface area contributed by atoms with Gasteiger partial charge in [0, 0.05) is 6.54 Å². The van der Waals surface area contributed by atoms with Crippen LogP contribution in [0.15, 0.2) is 12.7 Å². The molecule has 15 heavy (non-hydrogen) atoms. The minimum atomic E-state index is -1.38. The molecule has 0 aliphatic rings. The van der Waals surface area contributed by atoms with E-state index in [2.05, 4.69) is 16.6 Å². The van der Waals surface area contributed by atoms with Crippen LogP contribution in [0, 0.1) is 0 Å². The summed E-state index contributed by atoms with van der Waals surface area (Å²) >= 11 is 0. The molecular weight excluding hydrogens is 202 g/mol. The van der Waals surface area contributed by atoms with Gasteiger partial charge in [0.2, 0.25) is 0 Å². The van der Waals surface area contributed by atoms with Gasteiger partial charge in [0.15, 0.2) is 6.10 Å². The number of ether oxygens (including phenoxy) is 1. The monoisotopic (exact) mass is 217 g/mol. The highest BCUT2D eigenvalue weighted by molar-refractivity contribution is 5.71. The maximum absolute atomic E-state index is 10.8. The summed E-state index contributed by atoms with van der Waals surface area (Å²) in [5, 5.41) is 19.6. The summed E-state index contributed by atoms with van der Waals surface area (Å²) in [6, 6.07) is 0. The summed E-state index contributed by atoms with van der Waals surface area (Å²) in [7, 11) is 0. The van der Waals surface area contributed by atoms with Crippen molar-refractivity contribution in [2.75, 3.05) is 13.2 Å². The van der Waals surface area contributed by atoms with E-state index in [0.717, 1.165) is 0 Å². The van der Waals surface area contributed by atoms with Crippen LogP contribution in [-0.4, -0.2) is 41.5 Å². The minimum absolute atomic E-state index is 0.0943. The van der Waals surface area contributed by atoms with Crippen molar-refractivity contribution in [2.24, 2.45) is 0 Å². The van der Waals surface area contributed by atoms with Gasteiger partial charge in [-0.2, -0.15) is 0 Å². The number of amides is 1. The number of alkyl carbamates (subject to hydrolysis) is 1. The van der Waals surface area contributed by atoms with E-state index in [9.17, 15) is 9.59 Å². The molecule has 0 aromatic rings. The maximum atomic E-state index is 10.8. The summed E-state index contributed by atoms with van der Waals surface area (Å²) in [5.41, 5.74) is 0. The van der Waals surface area contributed by atoms with Gasteiger partial charge in [-0.05, 0) is 12.8 Å². The first-order valence-corrected chi connectivity index (χ1v) is 4.50. The summed E-state index contributed by atoms with van der Waals surface area (Å²) < 4.78 is 4.60. The van der Waals surface area contributed by atoms with Crippen LogP contribution in [0.4, 0.5) is 4.79 Å². The fourth-order valence-electron chi connectivity index (χ4n) is 0.795. The lowest BCUT2D eigenvalue weighted by atomic mass is 10.2. The molecule has 1 amide bonds. The van der Waals surface area contributed by atoms with E-state index in [-0.39, 0.29) is 19.6 Å². The second kappa shape index (κ2) is 7.81. The minimum Gasteiger partial charge on any atom is -0.479 e. The zero-order chi connectivity index (χ0) is 11.7. The molecule has 86 valence electrons. The Labute approximate surface area is 87.5 Å². The van der Waals surface area contributed by atoms with Gasteiger partial charge in [0.05, 0.1) is 0 Å². The molecule has 0 fully saturated rings.